The highest BCUT2D eigenvalue weighted by atomic mass is 79.9. The first-order valence-electron chi connectivity index (χ1n) is 5.06. The maximum absolute atomic E-state index is 10.8. The minimum atomic E-state index is -0.169. The third-order valence-corrected chi connectivity index (χ3v) is 3.05. The molecular formula is C10H20BrNO2. The number of ether oxygens (including phenoxy) is 1. The molecule has 0 aromatic heterocycles. The molecule has 0 N–H and O–H groups in total. The topological polar surface area (TPSA) is 26.3 Å². The van der Waals surface area contributed by atoms with Gasteiger partial charge in [-0.3, -0.25) is 9.28 Å². The monoisotopic (exact) mass is 265 g/mol. The minimum Gasteiger partial charge on any atom is -1.00 e. The number of rotatable bonds is 2. The summed E-state index contributed by atoms with van der Waals surface area (Å²) in [4.78, 5) is 10.8. The molecule has 0 aliphatic carbocycles. The van der Waals surface area contributed by atoms with E-state index in [1.807, 2.05) is 6.92 Å². The van der Waals surface area contributed by atoms with Gasteiger partial charge in [0, 0.05) is 13.8 Å². The molecular weight excluding hydrogens is 246 g/mol. The zero-order chi connectivity index (χ0) is 9.90. The zero-order valence-corrected chi connectivity index (χ0v) is 10.8. The van der Waals surface area contributed by atoms with Gasteiger partial charge in [-0.25, -0.2) is 0 Å². The van der Waals surface area contributed by atoms with E-state index in [-0.39, 0.29) is 29.2 Å². The average Bonchev–Trinajstić information content (AvgIpc) is 2.04. The first-order chi connectivity index (χ1) is 6.04. The van der Waals surface area contributed by atoms with Crippen LogP contribution in [-0.2, 0) is 9.53 Å². The number of hydrogen-bond donors (Lipinski definition) is 0. The fourth-order valence-electron chi connectivity index (χ4n) is 1.97. The Morgan fingerprint density at radius 3 is 2.21 bits per heavy atom. The molecule has 0 bridgehead atoms. The van der Waals surface area contributed by atoms with Crippen molar-refractivity contribution in [3.63, 3.8) is 0 Å². The lowest BCUT2D eigenvalue weighted by molar-refractivity contribution is -0.954. The molecule has 84 valence electrons. The second kappa shape index (κ2) is 5.71. The van der Waals surface area contributed by atoms with Crippen molar-refractivity contribution >= 4 is 5.97 Å². The number of likely N-dealkylation sites (tertiary alicyclic amines) is 1. The average molecular weight is 266 g/mol. The van der Waals surface area contributed by atoms with Crippen molar-refractivity contribution < 1.29 is 31.0 Å². The lowest BCUT2D eigenvalue weighted by Crippen LogP contribution is -3.00. The molecule has 1 unspecified atom stereocenters. The largest absolute Gasteiger partial charge is 1.00 e. The number of quaternary nitrogens is 1. The van der Waals surface area contributed by atoms with Gasteiger partial charge in [0.15, 0.2) is 0 Å². The molecule has 4 heteroatoms. The number of hydrogen-bond acceptors (Lipinski definition) is 2. The molecule has 1 fully saturated rings. The first kappa shape index (κ1) is 13.9. The molecule has 1 aliphatic rings. The van der Waals surface area contributed by atoms with Crippen LogP contribution in [0.5, 0.6) is 0 Å². The first-order valence-corrected chi connectivity index (χ1v) is 5.06. The quantitative estimate of drug-likeness (QED) is 0.450. The second-order valence-corrected chi connectivity index (χ2v) is 4.20. The summed E-state index contributed by atoms with van der Waals surface area (Å²) in [7, 11) is 2.17. The van der Waals surface area contributed by atoms with E-state index in [2.05, 4.69) is 7.05 Å². The summed E-state index contributed by atoms with van der Waals surface area (Å²) in [5, 5.41) is 0. The fraction of sp³-hybridized carbons (Fsp3) is 0.900. The Labute approximate surface area is 96.8 Å². The van der Waals surface area contributed by atoms with Crippen LogP contribution in [0.3, 0.4) is 0 Å². The van der Waals surface area contributed by atoms with Crippen LogP contribution in [-0.4, -0.2) is 36.8 Å². The van der Waals surface area contributed by atoms with Gasteiger partial charge in [-0.15, -0.1) is 0 Å². The smallest absolute Gasteiger partial charge is 0.307 e. The summed E-state index contributed by atoms with van der Waals surface area (Å²) >= 11 is 0. The molecule has 0 aromatic carbocycles. The highest BCUT2D eigenvalue weighted by Gasteiger charge is 2.32. The van der Waals surface area contributed by atoms with E-state index in [0.717, 1.165) is 17.6 Å². The van der Waals surface area contributed by atoms with E-state index in [1.165, 1.54) is 26.2 Å². The molecule has 1 saturated heterocycles. The van der Waals surface area contributed by atoms with E-state index in [0.29, 0.717) is 0 Å². The van der Waals surface area contributed by atoms with Crippen molar-refractivity contribution in [2.75, 3.05) is 20.1 Å². The summed E-state index contributed by atoms with van der Waals surface area (Å²) in [5.74, 6) is -0.169. The van der Waals surface area contributed by atoms with Crippen molar-refractivity contribution in [2.45, 2.75) is 39.3 Å². The van der Waals surface area contributed by atoms with Crippen LogP contribution >= 0.6 is 0 Å². The summed E-state index contributed by atoms with van der Waals surface area (Å²) in [6.45, 7) is 5.74. The van der Waals surface area contributed by atoms with Crippen LogP contribution in [0.2, 0.25) is 0 Å². The van der Waals surface area contributed by atoms with Crippen molar-refractivity contribution in [3.8, 4) is 0 Å². The number of esters is 1. The van der Waals surface area contributed by atoms with E-state index in [1.54, 1.807) is 0 Å². The van der Waals surface area contributed by atoms with Crippen molar-refractivity contribution in [2.24, 2.45) is 0 Å². The van der Waals surface area contributed by atoms with Crippen LogP contribution in [0.4, 0.5) is 0 Å². The molecule has 0 spiro atoms. The van der Waals surface area contributed by atoms with Gasteiger partial charge in [0.1, 0.15) is 0 Å². The van der Waals surface area contributed by atoms with Crippen LogP contribution in [0.15, 0.2) is 0 Å². The number of carbonyl (C=O) groups is 1. The predicted octanol–water partition coefficient (Wildman–Crippen LogP) is -1.47. The van der Waals surface area contributed by atoms with Gasteiger partial charge < -0.3 is 21.7 Å². The van der Waals surface area contributed by atoms with Crippen molar-refractivity contribution in [1.82, 2.24) is 0 Å². The van der Waals surface area contributed by atoms with Crippen LogP contribution in [0.1, 0.15) is 33.1 Å². The number of piperidine rings is 1. The Morgan fingerprint density at radius 1 is 1.29 bits per heavy atom. The van der Waals surface area contributed by atoms with Crippen LogP contribution in [0.25, 0.3) is 0 Å². The Balaban J connectivity index is 0.00000169. The molecule has 1 aliphatic heterocycles. The second-order valence-electron chi connectivity index (χ2n) is 4.20. The Morgan fingerprint density at radius 2 is 1.79 bits per heavy atom. The van der Waals surface area contributed by atoms with E-state index in [4.69, 9.17) is 4.74 Å². The minimum absolute atomic E-state index is 0. The molecule has 14 heavy (non-hydrogen) atoms. The van der Waals surface area contributed by atoms with Gasteiger partial charge in [-0.2, -0.15) is 0 Å². The Kier molecular flexibility index (Phi) is 5.67. The van der Waals surface area contributed by atoms with Gasteiger partial charge in [-0.1, -0.05) is 0 Å². The van der Waals surface area contributed by atoms with Crippen LogP contribution < -0.4 is 17.0 Å². The maximum atomic E-state index is 10.8. The van der Waals surface area contributed by atoms with Gasteiger partial charge in [-0.05, 0) is 19.3 Å². The molecule has 1 atom stereocenters. The molecule has 1 heterocycles. The summed E-state index contributed by atoms with van der Waals surface area (Å²) in [5.41, 5.74) is 0. The zero-order valence-electron chi connectivity index (χ0n) is 9.25. The standard InChI is InChI=1S/C10H20NO2.BrH/c1-9(13-10(2)12)11(3)7-5-4-6-8-11;/h9H,4-8H2,1-3H3;1H/q+1;/p-1. The number of carbonyl (C=O) groups excluding carboxylic acids is 1. The normalized spacial score (nSPS) is 21.9. The highest BCUT2D eigenvalue weighted by Crippen LogP contribution is 2.20. The third kappa shape index (κ3) is 3.58. The highest BCUT2D eigenvalue weighted by molar-refractivity contribution is 5.65. The fourth-order valence-corrected chi connectivity index (χ4v) is 1.97. The SMILES string of the molecule is CC(=O)OC(C)[N+]1(C)CCCCC1.[Br-]. The Bertz CT molecular complexity index is 191. The van der Waals surface area contributed by atoms with Gasteiger partial charge in [0.25, 0.3) is 0 Å². The van der Waals surface area contributed by atoms with Gasteiger partial charge in [0.05, 0.1) is 20.1 Å². The van der Waals surface area contributed by atoms with Gasteiger partial charge >= 0.3 is 5.97 Å². The van der Waals surface area contributed by atoms with Crippen LogP contribution in [0, 0.1) is 0 Å². The number of halogens is 1. The maximum Gasteiger partial charge on any atom is 0.307 e. The molecule has 0 saturated carbocycles. The molecule has 0 radical (unpaired) electrons. The summed E-state index contributed by atoms with van der Waals surface area (Å²) in [6, 6.07) is 0. The molecule has 1 rings (SSSR count). The molecule has 0 aromatic rings. The van der Waals surface area contributed by atoms with E-state index >= 15 is 0 Å². The number of nitrogens with zero attached hydrogens (tertiary/aromatic N) is 1. The van der Waals surface area contributed by atoms with E-state index < -0.39 is 0 Å². The molecule has 0 amide bonds. The van der Waals surface area contributed by atoms with Gasteiger partial charge in [0.2, 0.25) is 6.23 Å². The summed E-state index contributed by atoms with van der Waals surface area (Å²) in [6.07, 6.45) is 3.84. The predicted molar refractivity (Wildman–Crippen MR) is 51.0 cm³/mol. The summed E-state index contributed by atoms with van der Waals surface area (Å²) < 4.78 is 6.11. The third-order valence-electron chi connectivity index (χ3n) is 3.05. The lowest BCUT2D eigenvalue weighted by atomic mass is 10.1. The van der Waals surface area contributed by atoms with Crippen molar-refractivity contribution in [3.05, 3.63) is 0 Å². The lowest BCUT2D eigenvalue weighted by Gasteiger charge is -2.41. The van der Waals surface area contributed by atoms with Crippen molar-refractivity contribution in [1.29, 1.82) is 0 Å². The Hall–Kier alpha value is -0.0900. The van der Waals surface area contributed by atoms with E-state index in [9.17, 15) is 4.79 Å². The molecule has 3 nitrogen and oxygen atoms in total.